The number of carbonyl (C=O) groups excluding carboxylic acids is 4. The van der Waals surface area contributed by atoms with Gasteiger partial charge in [0.15, 0.2) is 5.69 Å². The Labute approximate surface area is 723 Å². The number of hydrogen-bond acceptors (Lipinski definition) is 24. The molecule has 0 atom stereocenters. The monoisotopic (exact) mass is 1700 g/mol. The lowest BCUT2D eigenvalue weighted by atomic mass is 10.1. The number of benzene rings is 8. The molecule has 0 radical (unpaired) electrons. The molecule has 8 heterocycles. The molecular weight excluding hydrogens is 1590 g/mol. The van der Waals surface area contributed by atoms with Gasteiger partial charge < -0.3 is 88.9 Å². The van der Waals surface area contributed by atoms with Crippen LogP contribution in [0.2, 0.25) is 0 Å². The summed E-state index contributed by atoms with van der Waals surface area (Å²) in [6, 6.07) is 56.7. The van der Waals surface area contributed by atoms with Crippen LogP contribution in [0.3, 0.4) is 0 Å². The molecule has 0 aromatic heterocycles. The normalized spacial score (nSPS) is 16.6. The number of primary amides is 2. The number of rotatable bonds is 29. The van der Waals surface area contributed by atoms with Crippen molar-refractivity contribution in [2.75, 3.05) is 229 Å². The van der Waals surface area contributed by atoms with Gasteiger partial charge in [0.05, 0.1) is 65.0 Å². The van der Waals surface area contributed by atoms with Gasteiger partial charge in [-0.25, -0.2) is 9.64 Å². The van der Waals surface area contributed by atoms with Crippen molar-refractivity contribution >= 4 is 128 Å². The average Bonchev–Trinajstić information content (AvgIpc) is 0.787. The molecule has 0 saturated carbocycles. The van der Waals surface area contributed by atoms with Gasteiger partial charge in [0.1, 0.15) is 0 Å². The minimum absolute atomic E-state index is 0.0439. The molecule has 8 aliphatic heterocycles. The maximum atomic E-state index is 11.8. The van der Waals surface area contributed by atoms with E-state index in [9.17, 15) is 29.1 Å². The van der Waals surface area contributed by atoms with Gasteiger partial charge in [-0.3, -0.25) is 33.9 Å². The number of fused-ring (bicyclic) bond motifs is 8. The van der Waals surface area contributed by atoms with E-state index in [0.717, 1.165) is 241 Å². The van der Waals surface area contributed by atoms with Gasteiger partial charge in [0.2, 0.25) is 23.6 Å². The fraction of sp³-hybridized carbons (Fsp3) is 0.400. The van der Waals surface area contributed by atoms with Crippen LogP contribution in [-0.4, -0.2) is 278 Å². The zero-order valence-corrected chi connectivity index (χ0v) is 71.8. The average molecular weight is 1700 g/mol. The van der Waals surface area contributed by atoms with Gasteiger partial charge in [0, 0.05) is 226 Å². The van der Waals surface area contributed by atoms with Crippen molar-refractivity contribution in [2.45, 2.75) is 64.8 Å². The Bertz CT molecular complexity index is 4840. The van der Waals surface area contributed by atoms with Gasteiger partial charge in [-0.1, -0.05) is 108 Å². The number of piperazine rings is 4. The molecule has 8 aromatic carbocycles. The van der Waals surface area contributed by atoms with E-state index in [2.05, 4.69) is 178 Å². The smallest absolute Gasteiger partial charge is 0.335 e. The topological polar surface area (TPSA) is 312 Å². The van der Waals surface area contributed by atoms with E-state index in [1.54, 1.807) is 59.2 Å². The second kappa shape index (κ2) is 44.5. The lowest BCUT2D eigenvalue weighted by molar-refractivity contribution is -0.120. The van der Waals surface area contributed by atoms with E-state index in [4.69, 9.17) is 35.2 Å². The van der Waals surface area contributed by atoms with Crippen LogP contribution < -0.4 is 64.2 Å². The Hall–Kier alpha value is -9.24. The summed E-state index contributed by atoms with van der Waals surface area (Å²) in [5.74, 6) is -1.85. The highest BCUT2D eigenvalue weighted by Gasteiger charge is 2.31. The summed E-state index contributed by atoms with van der Waals surface area (Å²) in [6.45, 7) is 37.1. The number of anilines is 8. The number of carboxylic acids is 1. The predicted octanol–water partition coefficient (Wildman–Crippen LogP) is 10.0. The van der Waals surface area contributed by atoms with Gasteiger partial charge >= 0.3 is 5.97 Å². The fourth-order valence-corrected chi connectivity index (χ4v) is 20.6. The number of nitrogens with two attached hydrogens (primary N) is 5. The second-order valence-corrected chi connectivity index (χ2v) is 35.0. The highest BCUT2D eigenvalue weighted by molar-refractivity contribution is 8.00. The Kier molecular flexibility index (Phi) is 32.9. The number of amides is 4. The summed E-state index contributed by atoms with van der Waals surface area (Å²) >= 11 is 6.99. The van der Waals surface area contributed by atoms with Crippen LogP contribution >= 0.6 is 47.0 Å². The van der Waals surface area contributed by atoms with Crippen molar-refractivity contribution in [3.05, 3.63) is 198 Å². The molecule has 634 valence electrons. The molecule has 16 rings (SSSR count). The standard InChI is InChI=1S/C24H32N6O2S.C24H30N6OS.C22H29N5OS.C20H23N3O2S/c25-17-23(31)27-8-11-29-14-12-28(13-15-29)9-3-10-30-19-4-1-2-5-21(19)33-22-7-6-18(24(26)32)16-20(22)30;1-26-19-7-8-23-21(17-19)30(20-5-2-3-6-22(20)32-23)11-4-10-28-13-15-29(16-14-28)12-9-27-24(31)18-25;23-8-11-26-14-12-25(13-15-26)9-3-10-27-18-4-1-2-5-20(18)29-21-7-6-17(22(24)28)16-19(21)27;24-20(25)15-6-7-19-17(14-15)23(16-4-1-2-5-18(16)26-19)11-3-10-22-12-8-21-9-13-22/h1-2,4-7,16H,3,8-15,17,25H2,(H2,26,32)(H,27,31);2-3,5-8,17H,4,9-16,18,25H2,(H,27,31);1-2,4-7,16H,3,8-15,23H2,(H2,24,28);1-2,4-7,14,21H,3,8-13H2,(H,24,25). The highest BCUT2D eigenvalue weighted by atomic mass is 32.2. The molecular formula is C90H114N20O6S4. The first-order valence-corrected chi connectivity index (χ1v) is 45.2. The third-order valence-corrected chi connectivity index (χ3v) is 27.3. The molecule has 0 bridgehead atoms. The van der Waals surface area contributed by atoms with E-state index >= 15 is 0 Å². The summed E-state index contributed by atoms with van der Waals surface area (Å²) in [6.07, 6.45) is 4.20. The first-order chi connectivity index (χ1) is 58.6. The van der Waals surface area contributed by atoms with Crippen molar-refractivity contribution in [1.82, 2.24) is 50.2 Å². The zero-order chi connectivity index (χ0) is 83.7. The number of hydrogen-bond donors (Lipinski definition) is 9. The Morgan fingerprint density at radius 1 is 0.350 bits per heavy atom. The first kappa shape index (κ1) is 88.5. The summed E-state index contributed by atoms with van der Waals surface area (Å²) in [5.41, 5.74) is 38.6. The molecule has 4 fully saturated rings. The van der Waals surface area contributed by atoms with Gasteiger partial charge in [-0.05, 0) is 161 Å². The number of nitrogens with one attached hydrogen (secondary N) is 3. The Morgan fingerprint density at radius 2 is 0.633 bits per heavy atom. The van der Waals surface area contributed by atoms with Crippen molar-refractivity contribution < 1.29 is 29.1 Å². The van der Waals surface area contributed by atoms with Crippen LogP contribution in [0.25, 0.3) is 4.85 Å². The van der Waals surface area contributed by atoms with Crippen LogP contribution in [0.4, 0.5) is 51.2 Å². The fourth-order valence-electron chi connectivity index (χ4n) is 16.3. The lowest BCUT2D eigenvalue weighted by Gasteiger charge is -2.36. The van der Waals surface area contributed by atoms with Crippen molar-refractivity contribution in [3.63, 3.8) is 0 Å². The van der Waals surface area contributed by atoms with Gasteiger partial charge in [-0.2, -0.15) is 0 Å². The second-order valence-electron chi connectivity index (χ2n) is 30.7. The summed E-state index contributed by atoms with van der Waals surface area (Å²) in [7, 11) is 0. The number of carbonyl (C=O) groups is 5. The molecule has 26 nitrogen and oxygen atoms in total. The predicted molar refractivity (Wildman–Crippen MR) is 486 cm³/mol. The van der Waals surface area contributed by atoms with Crippen molar-refractivity contribution in [3.8, 4) is 0 Å². The number of nitrogens with zero attached hydrogens (tertiary/aromatic N) is 12. The molecule has 4 amide bonds. The number of carboxylic acid groups (broad SMARTS) is 1. The molecule has 120 heavy (non-hydrogen) atoms. The van der Waals surface area contributed by atoms with E-state index in [1.165, 1.54) is 52.1 Å². The molecule has 0 aliphatic carbocycles. The minimum atomic E-state index is -0.877. The molecule has 0 unspecified atom stereocenters. The van der Waals surface area contributed by atoms with Crippen molar-refractivity contribution in [1.29, 1.82) is 0 Å². The lowest BCUT2D eigenvalue weighted by Crippen LogP contribution is -2.49. The maximum Gasteiger partial charge on any atom is 0.335 e. The Morgan fingerprint density at radius 3 is 0.950 bits per heavy atom. The molecule has 0 spiro atoms. The van der Waals surface area contributed by atoms with Crippen molar-refractivity contribution in [2.24, 2.45) is 28.7 Å². The van der Waals surface area contributed by atoms with E-state index in [1.807, 2.05) is 54.6 Å². The third kappa shape index (κ3) is 23.9. The largest absolute Gasteiger partial charge is 0.478 e. The van der Waals surface area contributed by atoms with E-state index in [0.29, 0.717) is 35.5 Å². The number of para-hydroxylation sites is 4. The van der Waals surface area contributed by atoms with Crippen LogP contribution in [-0.2, 0) is 9.59 Å². The summed E-state index contributed by atoms with van der Waals surface area (Å²) < 4.78 is 0. The molecule has 14 N–H and O–H groups in total. The van der Waals surface area contributed by atoms with E-state index in [-0.39, 0.29) is 30.8 Å². The maximum absolute atomic E-state index is 11.8. The Balaban J connectivity index is 0.000000139. The van der Waals surface area contributed by atoms with Crippen LogP contribution in [0.5, 0.6) is 0 Å². The SMILES string of the molecule is NCC(=O)NCCN1CCN(CCCN2c3ccccc3Sc3ccc(C(N)=O)cc32)CC1.NCCN1CCN(CCCN2c3ccccc3Sc3ccc(C(N)=O)cc32)CC1.O=C(O)c1ccc2c(c1)N(CCCN1CCNCC1)c1ccccc1S2.[C-]#[N+]c1ccc2c(c1)N(CCCN1CCN(CCNC(=O)CN)CC1)c1ccccc1S2. The summed E-state index contributed by atoms with van der Waals surface area (Å²) in [5, 5.41) is 18.4. The quantitative estimate of drug-likeness (QED) is 0.0197. The number of aromatic carboxylic acids is 1. The van der Waals surface area contributed by atoms with Crippen LogP contribution in [0.1, 0.15) is 56.8 Å². The zero-order valence-electron chi connectivity index (χ0n) is 68.5. The molecule has 4 saturated heterocycles. The molecule has 30 heteroatoms. The molecule has 8 aromatic rings. The van der Waals surface area contributed by atoms with Crippen LogP contribution in [0.15, 0.2) is 209 Å². The minimum Gasteiger partial charge on any atom is -0.478 e. The third-order valence-electron chi connectivity index (χ3n) is 22.8. The van der Waals surface area contributed by atoms with Crippen LogP contribution in [0, 0.1) is 6.57 Å². The summed E-state index contributed by atoms with van der Waals surface area (Å²) in [4.78, 5) is 97.3. The van der Waals surface area contributed by atoms with E-state index < -0.39 is 11.9 Å². The van der Waals surface area contributed by atoms with Gasteiger partial charge in [-0.15, -0.1) is 0 Å². The molecule has 8 aliphatic rings. The van der Waals surface area contributed by atoms with Gasteiger partial charge in [0.25, 0.3) is 0 Å². The highest BCUT2D eigenvalue weighted by Crippen LogP contribution is 2.53. The first-order valence-electron chi connectivity index (χ1n) is 42.0.